The van der Waals surface area contributed by atoms with Gasteiger partial charge in [0.05, 0.1) is 23.7 Å². The normalized spacial score (nSPS) is 10.9. The van der Waals surface area contributed by atoms with Crippen molar-refractivity contribution in [2.24, 2.45) is 7.05 Å². The molecule has 3 aromatic rings. The van der Waals surface area contributed by atoms with Crippen LogP contribution in [0.1, 0.15) is 5.56 Å². The number of ether oxygens (including phenoxy) is 1. The third kappa shape index (κ3) is 1.81. The molecule has 0 amide bonds. The largest absolute Gasteiger partial charge is 0.504 e. The van der Waals surface area contributed by atoms with Crippen molar-refractivity contribution in [2.75, 3.05) is 7.11 Å². The lowest BCUT2D eigenvalue weighted by atomic mass is 10.1. The van der Waals surface area contributed by atoms with Crippen LogP contribution >= 0.6 is 0 Å². The van der Waals surface area contributed by atoms with Gasteiger partial charge in [0.15, 0.2) is 11.5 Å². The van der Waals surface area contributed by atoms with Crippen LogP contribution in [0.3, 0.4) is 0 Å². The summed E-state index contributed by atoms with van der Waals surface area (Å²) in [5, 5.41) is 10.3. The van der Waals surface area contributed by atoms with Gasteiger partial charge in [-0.05, 0) is 36.8 Å². The van der Waals surface area contributed by atoms with Gasteiger partial charge in [0.25, 0.3) is 0 Å². The Bertz CT molecular complexity index is 791. The summed E-state index contributed by atoms with van der Waals surface area (Å²) < 4.78 is 7.13. The number of aryl methyl sites for hydroxylation is 2. The first-order chi connectivity index (χ1) is 9.61. The highest BCUT2D eigenvalue weighted by Gasteiger charge is 2.15. The van der Waals surface area contributed by atoms with Crippen molar-refractivity contribution < 1.29 is 9.84 Å². The Morgan fingerprint density at radius 3 is 2.75 bits per heavy atom. The summed E-state index contributed by atoms with van der Waals surface area (Å²) in [6, 6.07) is 11.5. The number of rotatable bonds is 2. The number of phenolic OH excluding ortho intramolecular Hbond substituents is 1. The second kappa shape index (κ2) is 4.56. The molecule has 1 N–H and O–H groups in total. The van der Waals surface area contributed by atoms with Crippen LogP contribution < -0.4 is 4.74 Å². The molecule has 102 valence electrons. The van der Waals surface area contributed by atoms with Crippen LogP contribution in [0.4, 0.5) is 0 Å². The molecule has 0 aliphatic rings. The molecule has 0 radical (unpaired) electrons. The average molecular weight is 268 g/mol. The summed E-state index contributed by atoms with van der Waals surface area (Å²) in [4.78, 5) is 4.63. The van der Waals surface area contributed by atoms with Crippen molar-refractivity contribution in [3.05, 3.63) is 42.0 Å². The number of hydrogen-bond acceptors (Lipinski definition) is 3. The van der Waals surface area contributed by atoms with Gasteiger partial charge >= 0.3 is 0 Å². The number of phenols is 1. The van der Waals surface area contributed by atoms with E-state index < -0.39 is 0 Å². The van der Waals surface area contributed by atoms with E-state index in [1.807, 2.05) is 42.8 Å². The number of nitrogens with zero attached hydrogens (tertiary/aromatic N) is 2. The van der Waals surface area contributed by atoms with Gasteiger partial charge in [0, 0.05) is 7.05 Å². The molecule has 0 spiro atoms. The molecule has 0 saturated heterocycles. The molecule has 4 nitrogen and oxygen atoms in total. The fourth-order valence-electron chi connectivity index (χ4n) is 2.42. The standard InChI is InChI=1S/C16H16N2O2/c1-10-7-8-13-12(9-10)17-16(18(13)2)11-5-4-6-14(20-3)15(11)19/h4-9,19H,1-3H3. The Kier molecular flexibility index (Phi) is 2.86. The van der Waals surface area contributed by atoms with Crippen molar-refractivity contribution in [3.63, 3.8) is 0 Å². The number of fused-ring (bicyclic) bond motifs is 1. The van der Waals surface area contributed by atoms with Crippen LogP contribution in [-0.2, 0) is 7.05 Å². The highest BCUT2D eigenvalue weighted by atomic mass is 16.5. The summed E-state index contributed by atoms with van der Waals surface area (Å²) in [5.74, 6) is 1.29. The fraction of sp³-hybridized carbons (Fsp3) is 0.188. The molecular formula is C16H16N2O2. The van der Waals surface area contributed by atoms with E-state index >= 15 is 0 Å². The Hall–Kier alpha value is -2.49. The fourth-order valence-corrected chi connectivity index (χ4v) is 2.42. The van der Waals surface area contributed by atoms with E-state index in [1.165, 1.54) is 7.11 Å². The maximum Gasteiger partial charge on any atom is 0.168 e. The van der Waals surface area contributed by atoms with E-state index in [9.17, 15) is 5.11 Å². The first kappa shape index (κ1) is 12.5. The first-order valence-corrected chi connectivity index (χ1v) is 6.41. The van der Waals surface area contributed by atoms with E-state index in [4.69, 9.17) is 4.74 Å². The Morgan fingerprint density at radius 1 is 1.20 bits per heavy atom. The molecule has 0 saturated carbocycles. The molecule has 0 bridgehead atoms. The quantitative estimate of drug-likeness (QED) is 0.776. The summed E-state index contributed by atoms with van der Waals surface area (Å²) in [5.41, 5.74) is 3.79. The number of methoxy groups -OCH3 is 1. The molecule has 0 atom stereocenters. The van der Waals surface area contributed by atoms with Crippen molar-refractivity contribution in [2.45, 2.75) is 6.92 Å². The van der Waals surface area contributed by atoms with Gasteiger partial charge in [0.2, 0.25) is 0 Å². The van der Waals surface area contributed by atoms with Crippen LogP contribution in [0.5, 0.6) is 11.5 Å². The monoisotopic (exact) mass is 268 g/mol. The number of imidazole rings is 1. The van der Waals surface area contributed by atoms with Crippen LogP contribution in [0.15, 0.2) is 36.4 Å². The van der Waals surface area contributed by atoms with Gasteiger partial charge in [-0.3, -0.25) is 0 Å². The van der Waals surface area contributed by atoms with Crippen molar-refractivity contribution in [3.8, 4) is 22.9 Å². The third-order valence-corrected chi connectivity index (χ3v) is 3.50. The SMILES string of the molecule is COc1cccc(-c2nc3cc(C)ccc3n2C)c1O. The van der Waals surface area contributed by atoms with E-state index in [2.05, 4.69) is 11.1 Å². The summed E-state index contributed by atoms with van der Waals surface area (Å²) in [6.07, 6.45) is 0. The van der Waals surface area contributed by atoms with Crippen LogP contribution in [0, 0.1) is 6.92 Å². The summed E-state index contributed by atoms with van der Waals surface area (Å²) >= 11 is 0. The average Bonchev–Trinajstić information content (AvgIpc) is 2.75. The topological polar surface area (TPSA) is 47.3 Å². The molecule has 0 aliphatic carbocycles. The Balaban J connectivity index is 2.27. The molecule has 1 heterocycles. The van der Waals surface area contributed by atoms with E-state index in [-0.39, 0.29) is 5.75 Å². The molecular weight excluding hydrogens is 252 g/mol. The highest BCUT2D eigenvalue weighted by Crippen LogP contribution is 2.37. The smallest absolute Gasteiger partial charge is 0.168 e. The highest BCUT2D eigenvalue weighted by molar-refractivity contribution is 5.83. The Morgan fingerprint density at radius 2 is 2.00 bits per heavy atom. The third-order valence-electron chi connectivity index (χ3n) is 3.50. The number of para-hydroxylation sites is 1. The summed E-state index contributed by atoms with van der Waals surface area (Å²) in [6.45, 7) is 2.04. The minimum Gasteiger partial charge on any atom is -0.504 e. The van der Waals surface area contributed by atoms with Gasteiger partial charge in [-0.2, -0.15) is 0 Å². The zero-order chi connectivity index (χ0) is 14.3. The first-order valence-electron chi connectivity index (χ1n) is 6.41. The Labute approximate surface area is 117 Å². The van der Waals surface area contributed by atoms with E-state index in [1.54, 1.807) is 6.07 Å². The van der Waals surface area contributed by atoms with Crippen LogP contribution in [0.2, 0.25) is 0 Å². The van der Waals surface area contributed by atoms with Gasteiger partial charge < -0.3 is 14.4 Å². The molecule has 20 heavy (non-hydrogen) atoms. The molecule has 1 aromatic heterocycles. The minimum atomic E-state index is 0.116. The molecule has 0 fully saturated rings. The predicted molar refractivity (Wildman–Crippen MR) is 79.1 cm³/mol. The maximum atomic E-state index is 10.3. The van der Waals surface area contributed by atoms with E-state index in [0.29, 0.717) is 11.3 Å². The molecule has 4 heteroatoms. The minimum absolute atomic E-state index is 0.116. The van der Waals surface area contributed by atoms with Gasteiger partial charge in [-0.1, -0.05) is 12.1 Å². The second-order valence-electron chi connectivity index (χ2n) is 4.84. The molecule has 0 unspecified atom stereocenters. The zero-order valence-corrected chi connectivity index (χ0v) is 11.7. The van der Waals surface area contributed by atoms with Crippen molar-refractivity contribution >= 4 is 11.0 Å². The van der Waals surface area contributed by atoms with Crippen molar-refractivity contribution in [1.29, 1.82) is 0 Å². The van der Waals surface area contributed by atoms with Gasteiger partial charge in [-0.15, -0.1) is 0 Å². The maximum absolute atomic E-state index is 10.3. The predicted octanol–water partition coefficient (Wildman–Crippen LogP) is 3.26. The lowest BCUT2D eigenvalue weighted by Crippen LogP contribution is -1.94. The summed E-state index contributed by atoms with van der Waals surface area (Å²) in [7, 11) is 3.48. The number of aromatic nitrogens is 2. The number of hydrogen-bond donors (Lipinski definition) is 1. The van der Waals surface area contributed by atoms with Gasteiger partial charge in [-0.25, -0.2) is 4.98 Å². The number of benzene rings is 2. The molecule has 3 rings (SSSR count). The van der Waals surface area contributed by atoms with Crippen molar-refractivity contribution in [1.82, 2.24) is 9.55 Å². The van der Waals surface area contributed by atoms with Gasteiger partial charge in [0.1, 0.15) is 5.82 Å². The lowest BCUT2D eigenvalue weighted by molar-refractivity contribution is 0.374. The van der Waals surface area contributed by atoms with E-state index in [0.717, 1.165) is 22.4 Å². The van der Waals surface area contributed by atoms with Crippen LogP contribution in [-0.4, -0.2) is 21.8 Å². The van der Waals surface area contributed by atoms with Crippen LogP contribution in [0.25, 0.3) is 22.4 Å². The molecule has 2 aromatic carbocycles. The second-order valence-corrected chi connectivity index (χ2v) is 4.84. The zero-order valence-electron chi connectivity index (χ0n) is 11.7. The molecule has 0 aliphatic heterocycles. The lowest BCUT2D eigenvalue weighted by Gasteiger charge is -2.08. The number of aromatic hydroxyl groups is 1.